The fourth-order valence-corrected chi connectivity index (χ4v) is 0.586. The van der Waals surface area contributed by atoms with E-state index in [0.717, 1.165) is 0 Å². The molecule has 0 heterocycles. The van der Waals surface area contributed by atoms with Crippen molar-refractivity contribution in [2.75, 3.05) is 6.61 Å². The van der Waals surface area contributed by atoms with Crippen molar-refractivity contribution >= 4 is 5.97 Å². The highest BCUT2D eigenvalue weighted by Crippen LogP contribution is 2.15. The van der Waals surface area contributed by atoms with Gasteiger partial charge in [-0.15, -0.1) is 0 Å². The molecule has 0 fully saturated rings. The lowest BCUT2D eigenvalue weighted by Gasteiger charge is -2.17. The summed E-state index contributed by atoms with van der Waals surface area (Å²) in [7, 11) is 0. The number of rotatable bonds is 3. The Morgan fingerprint density at radius 3 is 2.20 bits per heavy atom. The van der Waals surface area contributed by atoms with Gasteiger partial charge < -0.3 is 4.74 Å². The van der Waals surface area contributed by atoms with Crippen molar-refractivity contribution in [1.29, 1.82) is 5.26 Å². The third-order valence-electron chi connectivity index (χ3n) is 1.37. The second-order valence-corrected chi connectivity index (χ2v) is 4.54. The molecule has 0 radical (unpaired) electrons. The summed E-state index contributed by atoms with van der Waals surface area (Å²) in [6.45, 7) is 8.42. The maximum absolute atomic E-state index is 10.6. The Balaban J connectivity index is 4.53. The lowest BCUT2D eigenvalue weighted by atomic mass is 10.1. The normalized spacial score (nSPS) is 15.7. The van der Waals surface area contributed by atoms with Crippen LogP contribution in [0.25, 0.3) is 0 Å². The van der Waals surface area contributed by atoms with Crippen LogP contribution in [-0.2, 0) is 9.53 Å². The topological polar surface area (TPSA) is 74.8 Å². The van der Waals surface area contributed by atoms with E-state index < -0.39 is 11.5 Å². The third-order valence-corrected chi connectivity index (χ3v) is 1.37. The summed E-state index contributed by atoms with van der Waals surface area (Å²) in [5.41, 5.74) is -1.44. The zero-order valence-corrected chi connectivity index (χ0v) is 9.87. The third kappa shape index (κ3) is 6.61. The zero-order chi connectivity index (χ0) is 12.1. The molecule has 84 valence electrons. The molecule has 0 bridgehead atoms. The first kappa shape index (κ1) is 13.6. The van der Waals surface area contributed by atoms with Gasteiger partial charge in [0.05, 0.1) is 11.6 Å². The van der Waals surface area contributed by atoms with Crippen LogP contribution in [0.3, 0.4) is 0 Å². The van der Waals surface area contributed by atoms with Gasteiger partial charge in [0.2, 0.25) is 0 Å². The Bertz CT molecular complexity index is 299. The predicted octanol–water partition coefficient (Wildman–Crippen LogP) is 2.08. The highest BCUT2D eigenvalue weighted by Gasteiger charge is 2.26. The van der Waals surface area contributed by atoms with Crippen LogP contribution in [0, 0.1) is 11.3 Å². The Kier molecular flexibility index (Phi) is 4.40. The first-order valence-electron chi connectivity index (χ1n) is 4.67. The summed E-state index contributed by atoms with van der Waals surface area (Å²) in [6, 6.07) is 1.97. The second kappa shape index (κ2) is 4.87. The van der Waals surface area contributed by atoms with E-state index in [-0.39, 0.29) is 12.1 Å². The lowest BCUT2D eigenvalue weighted by Crippen LogP contribution is -2.28. The summed E-state index contributed by atoms with van der Waals surface area (Å²) >= 11 is 0. The van der Waals surface area contributed by atoms with Gasteiger partial charge in [-0.3, -0.25) is 4.79 Å². The van der Waals surface area contributed by atoms with Crippen molar-refractivity contribution in [1.82, 2.24) is 0 Å². The molecule has 0 amide bonds. The molecule has 5 heteroatoms. The first-order valence-corrected chi connectivity index (χ1v) is 4.67. The fourth-order valence-electron chi connectivity index (χ4n) is 0.586. The number of ether oxygens (including phenoxy) is 1. The van der Waals surface area contributed by atoms with E-state index >= 15 is 0 Å². The van der Waals surface area contributed by atoms with Crippen LogP contribution in [0.1, 0.15) is 34.6 Å². The number of hydrogen-bond donors (Lipinski definition) is 0. The largest absolute Gasteiger partial charge is 0.462 e. The molecule has 5 nitrogen and oxygen atoms in total. The average molecular weight is 211 g/mol. The molecule has 0 aliphatic carbocycles. The van der Waals surface area contributed by atoms with Crippen LogP contribution in [0.15, 0.2) is 10.2 Å². The molecule has 0 aromatic heterocycles. The van der Waals surface area contributed by atoms with Gasteiger partial charge in [-0.05, 0) is 27.7 Å². The summed E-state index contributed by atoms with van der Waals surface area (Å²) in [6.07, 6.45) is 0. The number of azo groups is 1. The number of carbonyl (C=O) groups excluding carboxylic acids is 1. The van der Waals surface area contributed by atoms with Crippen LogP contribution >= 0.6 is 0 Å². The van der Waals surface area contributed by atoms with Crippen molar-refractivity contribution in [3.05, 3.63) is 0 Å². The molecule has 0 aromatic rings. The van der Waals surface area contributed by atoms with Gasteiger partial charge in [0.25, 0.3) is 0 Å². The summed E-state index contributed by atoms with van der Waals surface area (Å²) < 4.78 is 4.75. The van der Waals surface area contributed by atoms with Crippen molar-refractivity contribution in [3.63, 3.8) is 0 Å². The Labute approximate surface area is 90.1 Å². The summed E-state index contributed by atoms with van der Waals surface area (Å²) in [4.78, 5) is 10.6. The SMILES string of the molecule is CC(=O)OCC(C)(C#N)N=NC(C)(C)C. The summed E-state index contributed by atoms with van der Waals surface area (Å²) in [5, 5.41) is 16.8. The van der Waals surface area contributed by atoms with Crippen molar-refractivity contribution in [3.8, 4) is 6.07 Å². The van der Waals surface area contributed by atoms with E-state index in [2.05, 4.69) is 10.2 Å². The Hall–Kier alpha value is -1.44. The number of nitriles is 1. The maximum atomic E-state index is 10.6. The average Bonchev–Trinajstić information content (AvgIpc) is 2.10. The molecule has 0 saturated carbocycles. The van der Waals surface area contributed by atoms with E-state index in [1.54, 1.807) is 6.92 Å². The molecule has 0 spiro atoms. The standard InChI is InChI=1S/C10H17N3O2/c1-8(14)15-7-10(5,6-11)13-12-9(2,3)4/h7H2,1-5H3. The molecule has 1 unspecified atom stereocenters. The molecular formula is C10H17N3O2. The molecule has 0 aliphatic heterocycles. The van der Waals surface area contributed by atoms with Crippen molar-refractivity contribution in [2.24, 2.45) is 10.2 Å². The molecule has 1 atom stereocenters. The molecule has 0 aromatic carbocycles. The molecule has 0 rings (SSSR count). The quantitative estimate of drug-likeness (QED) is 0.529. The smallest absolute Gasteiger partial charge is 0.302 e. The monoisotopic (exact) mass is 211 g/mol. The van der Waals surface area contributed by atoms with Gasteiger partial charge >= 0.3 is 5.97 Å². The minimum absolute atomic E-state index is 0.0710. The van der Waals surface area contributed by atoms with E-state index in [9.17, 15) is 4.79 Å². The minimum atomic E-state index is -1.10. The van der Waals surface area contributed by atoms with Crippen molar-refractivity contribution < 1.29 is 9.53 Å². The zero-order valence-electron chi connectivity index (χ0n) is 9.87. The number of esters is 1. The van der Waals surface area contributed by atoms with Gasteiger partial charge in [-0.25, -0.2) is 0 Å². The van der Waals surface area contributed by atoms with Gasteiger partial charge in [-0.1, -0.05) is 0 Å². The van der Waals surface area contributed by atoms with Crippen LogP contribution in [0.2, 0.25) is 0 Å². The van der Waals surface area contributed by atoms with E-state index in [4.69, 9.17) is 10.00 Å². The van der Waals surface area contributed by atoms with E-state index in [0.29, 0.717) is 0 Å². The predicted molar refractivity (Wildman–Crippen MR) is 55.3 cm³/mol. The number of hydrogen-bond acceptors (Lipinski definition) is 5. The Morgan fingerprint density at radius 2 is 1.87 bits per heavy atom. The van der Waals surface area contributed by atoms with Crippen LogP contribution in [0.4, 0.5) is 0 Å². The van der Waals surface area contributed by atoms with E-state index in [1.165, 1.54) is 6.92 Å². The number of carbonyl (C=O) groups is 1. The molecule has 0 saturated heterocycles. The molecule has 0 N–H and O–H groups in total. The highest BCUT2D eigenvalue weighted by atomic mass is 16.5. The van der Waals surface area contributed by atoms with E-state index in [1.807, 2.05) is 26.8 Å². The van der Waals surface area contributed by atoms with Gasteiger partial charge in [0.1, 0.15) is 6.61 Å². The highest BCUT2D eigenvalue weighted by molar-refractivity contribution is 5.66. The second-order valence-electron chi connectivity index (χ2n) is 4.54. The number of nitrogens with zero attached hydrogens (tertiary/aromatic N) is 3. The molecule has 15 heavy (non-hydrogen) atoms. The maximum Gasteiger partial charge on any atom is 0.302 e. The molecule has 0 aliphatic rings. The Morgan fingerprint density at radius 1 is 1.33 bits per heavy atom. The lowest BCUT2D eigenvalue weighted by molar-refractivity contribution is -0.142. The minimum Gasteiger partial charge on any atom is -0.462 e. The van der Waals surface area contributed by atoms with Crippen LogP contribution < -0.4 is 0 Å². The summed E-state index contributed by atoms with van der Waals surface area (Å²) in [5.74, 6) is -0.428. The molecular weight excluding hydrogens is 194 g/mol. The van der Waals surface area contributed by atoms with Gasteiger partial charge in [0.15, 0.2) is 5.54 Å². The van der Waals surface area contributed by atoms with Crippen LogP contribution in [0.5, 0.6) is 0 Å². The first-order chi connectivity index (χ1) is 6.68. The van der Waals surface area contributed by atoms with Gasteiger partial charge in [0, 0.05) is 6.92 Å². The van der Waals surface area contributed by atoms with Crippen molar-refractivity contribution in [2.45, 2.75) is 45.7 Å². The van der Waals surface area contributed by atoms with Gasteiger partial charge in [-0.2, -0.15) is 15.5 Å². The van der Waals surface area contributed by atoms with Crippen LogP contribution in [-0.4, -0.2) is 23.7 Å². The fraction of sp³-hybridized carbons (Fsp3) is 0.800.